The third-order valence-corrected chi connectivity index (χ3v) is 6.14. The van der Waals surface area contributed by atoms with E-state index in [9.17, 15) is 13.2 Å². The highest BCUT2D eigenvalue weighted by atomic mass is 32.2. The summed E-state index contributed by atoms with van der Waals surface area (Å²) in [5.41, 5.74) is 1.01. The molecule has 5 nitrogen and oxygen atoms in total. The Kier molecular flexibility index (Phi) is 6.18. The van der Waals surface area contributed by atoms with Crippen molar-refractivity contribution in [1.29, 1.82) is 0 Å². The highest BCUT2D eigenvalue weighted by Crippen LogP contribution is 2.26. The lowest BCUT2D eigenvalue weighted by Gasteiger charge is -2.23. The first-order valence-electron chi connectivity index (χ1n) is 8.33. The molecule has 1 aromatic carbocycles. The van der Waals surface area contributed by atoms with Gasteiger partial charge in [-0.25, -0.2) is 8.42 Å². The summed E-state index contributed by atoms with van der Waals surface area (Å²) in [7, 11) is -3.61. The maximum atomic E-state index is 12.8. The predicted octanol–water partition coefficient (Wildman–Crippen LogP) is 2.45. The Morgan fingerprint density at radius 3 is 2.61 bits per heavy atom. The predicted molar refractivity (Wildman–Crippen MR) is 90.6 cm³/mol. The molecular weight excluding hydrogens is 312 g/mol. The van der Waals surface area contributed by atoms with Crippen molar-refractivity contribution in [1.82, 2.24) is 9.62 Å². The highest BCUT2D eigenvalue weighted by Gasteiger charge is 2.39. The summed E-state index contributed by atoms with van der Waals surface area (Å²) in [6.45, 7) is 5.04. The fourth-order valence-corrected chi connectivity index (χ4v) is 4.50. The van der Waals surface area contributed by atoms with Gasteiger partial charge in [0.05, 0.1) is 4.90 Å². The van der Waals surface area contributed by atoms with Crippen LogP contribution in [0.3, 0.4) is 0 Å². The highest BCUT2D eigenvalue weighted by molar-refractivity contribution is 7.89. The van der Waals surface area contributed by atoms with Gasteiger partial charge < -0.3 is 5.32 Å². The number of rotatable bonds is 7. The van der Waals surface area contributed by atoms with Crippen LogP contribution in [0.4, 0.5) is 0 Å². The Morgan fingerprint density at radius 1 is 1.26 bits per heavy atom. The second-order valence-corrected chi connectivity index (χ2v) is 7.98. The van der Waals surface area contributed by atoms with E-state index in [-0.39, 0.29) is 10.8 Å². The first-order valence-corrected chi connectivity index (χ1v) is 9.77. The molecule has 1 unspecified atom stereocenters. The standard InChI is InChI=1S/C17H26N2O3S/c1-3-4-5-12-18-17(20)16-7-6-13-19(16)23(21,22)15-10-8-14(2)9-11-15/h8-11,16H,3-7,12-13H2,1-2H3,(H,18,20). The molecule has 0 bridgehead atoms. The molecule has 2 rings (SSSR count). The summed E-state index contributed by atoms with van der Waals surface area (Å²) in [6.07, 6.45) is 4.39. The molecule has 0 spiro atoms. The minimum atomic E-state index is -3.61. The lowest BCUT2D eigenvalue weighted by atomic mass is 10.2. The van der Waals surface area contributed by atoms with Crippen LogP contribution >= 0.6 is 0 Å². The molecule has 1 amide bonds. The van der Waals surface area contributed by atoms with Gasteiger partial charge in [0.25, 0.3) is 0 Å². The maximum Gasteiger partial charge on any atom is 0.243 e. The monoisotopic (exact) mass is 338 g/mol. The van der Waals surface area contributed by atoms with E-state index in [0.717, 1.165) is 31.2 Å². The molecule has 1 heterocycles. The first-order chi connectivity index (χ1) is 11.0. The number of carbonyl (C=O) groups excluding carboxylic acids is 1. The number of sulfonamides is 1. The zero-order valence-corrected chi connectivity index (χ0v) is 14.7. The minimum absolute atomic E-state index is 0.172. The van der Waals surface area contributed by atoms with Gasteiger partial charge in [0.1, 0.15) is 6.04 Å². The molecule has 128 valence electrons. The van der Waals surface area contributed by atoms with Gasteiger partial charge in [-0.3, -0.25) is 4.79 Å². The van der Waals surface area contributed by atoms with Gasteiger partial charge in [0.2, 0.25) is 15.9 Å². The minimum Gasteiger partial charge on any atom is -0.355 e. The molecular formula is C17H26N2O3S. The van der Waals surface area contributed by atoms with Gasteiger partial charge in [-0.1, -0.05) is 37.5 Å². The third-order valence-electron chi connectivity index (χ3n) is 4.21. The van der Waals surface area contributed by atoms with Crippen molar-refractivity contribution in [2.75, 3.05) is 13.1 Å². The summed E-state index contributed by atoms with van der Waals surface area (Å²) >= 11 is 0. The molecule has 1 aliphatic rings. The first kappa shape index (κ1) is 17.9. The Morgan fingerprint density at radius 2 is 1.96 bits per heavy atom. The van der Waals surface area contributed by atoms with Gasteiger partial charge in [-0.05, 0) is 38.3 Å². The summed E-state index contributed by atoms with van der Waals surface area (Å²) in [6, 6.07) is 6.20. The normalized spacial score (nSPS) is 19.0. The zero-order valence-electron chi connectivity index (χ0n) is 13.9. The molecule has 23 heavy (non-hydrogen) atoms. The molecule has 0 saturated carbocycles. The van der Waals surface area contributed by atoms with E-state index in [1.165, 1.54) is 4.31 Å². The zero-order chi connectivity index (χ0) is 16.9. The molecule has 0 aromatic heterocycles. The Balaban J connectivity index is 2.08. The fraction of sp³-hybridized carbons (Fsp3) is 0.588. The molecule has 6 heteroatoms. The third kappa shape index (κ3) is 4.32. The van der Waals surface area contributed by atoms with E-state index in [0.29, 0.717) is 19.5 Å². The molecule has 1 saturated heterocycles. The lowest BCUT2D eigenvalue weighted by Crippen LogP contribution is -2.46. The van der Waals surface area contributed by atoms with Crippen LogP contribution in [0.5, 0.6) is 0 Å². The largest absolute Gasteiger partial charge is 0.355 e. The van der Waals surface area contributed by atoms with Crippen molar-refractivity contribution in [3.63, 3.8) is 0 Å². The van der Waals surface area contributed by atoms with Crippen LogP contribution in [0.2, 0.25) is 0 Å². The summed E-state index contributed by atoms with van der Waals surface area (Å²) < 4.78 is 26.9. The van der Waals surface area contributed by atoms with Crippen molar-refractivity contribution >= 4 is 15.9 Å². The Labute approximate surface area is 139 Å². The Hall–Kier alpha value is -1.40. The number of hydrogen-bond acceptors (Lipinski definition) is 3. The van der Waals surface area contributed by atoms with Gasteiger partial charge in [0.15, 0.2) is 0 Å². The van der Waals surface area contributed by atoms with E-state index in [1.54, 1.807) is 24.3 Å². The van der Waals surface area contributed by atoms with E-state index in [1.807, 2.05) is 6.92 Å². The van der Waals surface area contributed by atoms with Crippen LogP contribution in [-0.2, 0) is 14.8 Å². The number of hydrogen-bond donors (Lipinski definition) is 1. The molecule has 1 aliphatic heterocycles. The van der Waals surface area contributed by atoms with E-state index >= 15 is 0 Å². The number of aryl methyl sites for hydroxylation is 1. The van der Waals surface area contributed by atoms with E-state index in [4.69, 9.17) is 0 Å². The number of benzene rings is 1. The van der Waals surface area contributed by atoms with E-state index < -0.39 is 16.1 Å². The number of unbranched alkanes of at least 4 members (excludes halogenated alkanes) is 2. The smallest absolute Gasteiger partial charge is 0.243 e. The van der Waals surface area contributed by atoms with Gasteiger partial charge in [0, 0.05) is 13.1 Å². The second kappa shape index (κ2) is 7.93. The van der Waals surface area contributed by atoms with Gasteiger partial charge in [-0.15, -0.1) is 0 Å². The number of nitrogens with zero attached hydrogens (tertiary/aromatic N) is 1. The van der Waals surface area contributed by atoms with Crippen LogP contribution in [0, 0.1) is 6.92 Å². The summed E-state index contributed by atoms with van der Waals surface area (Å²) in [5, 5.41) is 2.88. The van der Waals surface area contributed by atoms with Gasteiger partial charge in [-0.2, -0.15) is 4.31 Å². The van der Waals surface area contributed by atoms with Crippen molar-refractivity contribution < 1.29 is 13.2 Å². The van der Waals surface area contributed by atoms with Crippen molar-refractivity contribution in [2.45, 2.75) is 56.9 Å². The fourth-order valence-electron chi connectivity index (χ4n) is 2.84. The molecule has 0 radical (unpaired) electrons. The molecule has 1 aromatic rings. The van der Waals surface area contributed by atoms with E-state index in [2.05, 4.69) is 12.2 Å². The average molecular weight is 338 g/mol. The number of amides is 1. The summed E-state index contributed by atoms with van der Waals surface area (Å²) in [4.78, 5) is 12.6. The van der Waals surface area contributed by atoms with Crippen LogP contribution in [0.1, 0.15) is 44.6 Å². The SMILES string of the molecule is CCCCCNC(=O)C1CCCN1S(=O)(=O)c1ccc(C)cc1. The number of nitrogens with one attached hydrogen (secondary N) is 1. The van der Waals surface area contributed by atoms with Crippen LogP contribution in [0.15, 0.2) is 29.2 Å². The van der Waals surface area contributed by atoms with Crippen molar-refractivity contribution in [2.24, 2.45) is 0 Å². The quantitative estimate of drug-likeness (QED) is 0.777. The van der Waals surface area contributed by atoms with Crippen molar-refractivity contribution in [3.05, 3.63) is 29.8 Å². The van der Waals surface area contributed by atoms with Gasteiger partial charge >= 0.3 is 0 Å². The topological polar surface area (TPSA) is 66.5 Å². The van der Waals surface area contributed by atoms with Crippen LogP contribution in [0.25, 0.3) is 0 Å². The second-order valence-electron chi connectivity index (χ2n) is 6.08. The molecule has 1 N–H and O–H groups in total. The Bertz CT molecular complexity index is 626. The van der Waals surface area contributed by atoms with Crippen molar-refractivity contribution in [3.8, 4) is 0 Å². The maximum absolute atomic E-state index is 12.8. The molecule has 0 aliphatic carbocycles. The van der Waals surface area contributed by atoms with Crippen LogP contribution < -0.4 is 5.32 Å². The molecule has 1 atom stereocenters. The van der Waals surface area contributed by atoms with Crippen LogP contribution in [-0.4, -0.2) is 37.8 Å². The lowest BCUT2D eigenvalue weighted by molar-refractivity contribution is -0.124. The summed E-state index contributed by atoms with van der Waals surface area (Å²) in [5.74, 6) is -0.172. The number of carbonyl (C=O) groups is 1. The average Bonchev–Trinajstić information content (AvgIpc) is 3.02. The molecule has 1 fully saturated rings.